The molecule has 0 radical (unpaired) electrons. The van der Waals surface area contributed by atoms with Gasteiger partial charge < -0.3 is 10.2 Å². The van der Waals surface area contributed by atoms with Gasteiger partial charge in [0.2, 0.25) is 0 Å². The second-order valence-electron chi connectivity index (χ2n) is 6.99. The van der Waals surface area contributed by atoms with E-state index >= 15 is 0 Å². The Morgan fingerprint density at radius 1 is 1.00 bits per heavy atom. The molecule has 0 heterocycles. The molecular weight excluding hydrogens is 208 g/mol. The Morgan fingerprint density at radius 2 is 1.59 bits per heavy atom. The van der Waals surface area contributed by atoms with E-state index < -0.39 is 0 Å². The van der Waals surface area contributed by atoms with E-state index in [1.165, 1.54) is 32.5 Å². The molecule has 1 N–H and O–H groups in total. The minimum absolute atomic E-state index is 0.220. The number of hydrogen-bond donors (Lipinski definition) is 1. The predicted molar refractivity (Wildman–Crippen MR) is 78.6 cm³/mol. The summed E-state index contributed by atoms with van der Waals surface area (Å²) in [7, 11) is 0. The van der Waals surface area contributed by atoms with Crippen LogP contribution in [0, 0.1) is 5.41 Å². The van der Waals surface area contributed by atoms with Gasteiger partial charge in [-0.15, -0.1) is 0 Å². The van der Waals surface area contributed by atoms with Crippen LogP contribution in [0.1, 0.15) is 61.3 Å². The van der Waals surface area contributed by atoms with Crippen LogP contribution < -0.4 is 5.32 Å². The summed E-state index contributed by atoms with van der Waals surface area (Å²) in [6.07, 6.45) is 2.60. The Labute approximate surface area is 109 Å². The standard InChI is InChI=1S/C15H34N2/c1-8-10-11-17(9-2)13-15(6,7)12-16-14(3,4)5/h16H,8-13H2,1-7H3. The Balaban J connectivity index is 4.11. The number of nitrogens with zero attached hydrogens (tertiary/aromatic N) is 1. The summed E-state index contributed by atoms with van der Waals surface area (Å²) in [4.78, 5) is 2.58. The summed E-state index contributed by atoms with van der Waals surface area (Å²) in [6.45, 7) is 20.6. The fraction of sp³-hybridized carbons (Fsp3) is 1.00. The smallest absolute Gasteiger partial charge is 0.00967 e. The van der Waals surface area contributed by atoms with E-state index in [2.05, 4.69) is 58.7 Å². The fourth-order valence-corrected chi connectivity index (χ4v) is 1.90. The van der Waals surface area contributed by atoms with Crippen molar-refractivity contribution in [3.05, 3.63) is 0 Å². The summed E-state index contributed by atoms with van der Waals surface area (Å²) in [5, 5.41) is 3.62. The van der Waals surface area contributed by atoms with E-state index in [-0.39, 0.29) is 5.54 Å². The number of hydrogen-bond acceptors (Lipinski definition) is 2. The molecule has 0 spiro atoms. The van der Waals surface area contributed by atoms with Gasteiger partial charge in [0.05, 0.1) is 0 Å². The summed E-state index contributed by atoms with van der Waals surface area (Å²) in [5.74, 6) is 0. The van der Waals surface area contributed by atoms with Crippen LogP contribution in [-0.2, 0) is 0 Å². The van der Waals surface area contributed by atoms with Gasteiger partial charge in [0.25, 0.3) is 0 Å². The molecule has 0 atom stereocenters. The van der Waals surface area contributed by atoms with E-state index in [1.54, 1.807) is 0 Å². The van der Waals surface area contributed by atoms with E-state index in [0.717, 1.165) is 6.54 Å². The SMILES string of the molecule is CCCCN(CC)CC(C)(C)CNC(C)(C)C. The Hall–Kier alpha value is -0.0800. The van der Waals surface area contributed by atoms with Crippen LogP contribution in [-0.4, -0.2) is 36.6 Å². The predicted octanol–water partition coefficient (Wildman–Crippen LogP) is 3.52. The van der Waals surface area contributed by atoms with Crippen molar-refractivity contribution in [3.63, 3.8) is 0 Å². The summed E-state index contributed by atoms with van der Waals surface area (Å²) >= 11 is 0. The highest BCUT2D eigenvalue weighted by Crippen LogP contribution is 2.17. The summed E-state index contributed by atoms with van der Waals surface area (Å²) in [5.41, 5.74) is 0.564. The minimum Gasteiger partial charge on any atom is -0.311 e. The van der Waals surface area contributed by atoms with Gasteiger partial charge in [-0.25, -0.2) is 0 Å². The zero-order valence-electron chi connectivity index (χ0n) is 13.2. The van der Waals surface area contributed by atoms with E-state index in [9.17, 15) is 0 Å². The van der Waals surface area contributed by atoms with Crippen molar-refractivity contribution in [2.24, 2.45) is 5.41 Å². The van der Waals surface area contributed by atoms with Crippen molar-refractivity contribution >= 4 is 0 Å². The molecule has 0 aromatic carbocycles. The lowest BCUT2D eigenvalue weighted by Gasteiger charge is -2.35. The number of nitrogens with one attached hydrogen (secondary N) is 1. The van der Waals surface area contributed by atoms with E-state index in [4.69, 9.17) is 0 Å². The molecule has 0 aromatic rings. The van der Waals surface area contributed by atoms with Crippen LogP contribution in [0.3, 0.4) is 0 Å². The van der Waals surface area contributed by atoms with E-state index in [1.807, 2.05) is 0 Å². The van der Waals surface area contributed by atoms with Gasteiger partial charge in [0.1, 0.15) is 0 Å². The normalized spacial score (nSPS) is 13.4. The number of unbranched alkanes of at least 4 members (excludes halogenated alkanes) is 1. The minimum atomic E-state index is 0.220. The second-order valence-corrected chi connectivity index (χ2v) is 6.99. The first-order chi connectivity index (χ1) is 7.70. The molecule has 0 aliphatic heterocycles. The van der Waals surface area contributed by atoms with Gasteiger partial charge in [-0.2, -0.15) is 0 Å². The third-order valence-corrected chi connectivity index (χ3v) is 3.02. The van der Waals surface area contributed by atoms with Crippen LogP contribution >= 0.6 is 0 Å². The van der Waals surface area contributed by atoms with Gasteiger partial charge in [-0.05, 0) is 45.7 Å². The maximum atomic E-state index is 3.62. The van der Waals surface area contributed by atoms with Crippen molar-refractivity contribution in [2.75, 3.05) is 26.2 Å². The first kappa shape index (κ1) is 16.9. The average Bonchev–Trinajstić information content (AvgIpc) is 2.20. The van der Waals surface area contributed by atoms with Crippen LogP contribution in [0.5, 0.6) is 0 Å². The molecule has 2 heteroatoms. The molecular formula is C15H34N2. The molecule has 0 saturated carbocycles. The molecule has 0 aromatic heterocycles. The highest BCUT2D eigenvalue weighted by Gasteiger charge is 2.23. The first-order valence-corrected chi connectivity index (χ1v) is 7.17. The van der Waals surface area contributed by atoms with Crippen molar-refractivity contribution in [2.45, 2.75) is 66.8 Å². The Morgan fingerprint density at radius 3 is 2.00 bits per heavy atom. The zero-order chi connectivity index (χ0) is 13.5. The van der Waals surface area contributed by atoms with Crippen molar-refractivity contribution < 1.29 is 0 Å². The largest absolute Gasteiger partial charge is 0.311 e. The van der Waals surface area contributed by atoms with Crippen molar-refractivity contribution in [1.29, 1.82) is 0 Å². The molecule has 0 saturated heterocycles. The maximum Gasteiger partial charge on any atom is 0.00967 e. The van der Waals surface area contributed by atoms with Gasteiger partial charge in [0, 0.05) is 18.6 Å². The third kappa shape index (κ3) is 9.61. The molecule has 2 nitrogen and oxygen atoms in total. The highest BCUT2D eigenvalue weighted by molar-refractivity contribution is 4.80. The lowest BCUT2D eigenvalue weighted by Crippen LogP contribution is -2.46. The molecule has 0 aliphatic rings. The summed E-state index contributed by atoms with van der Waals surface area (Å²) < 4.78 is 0. The van der Waals surface area contributed by atoms with Crippen LogP contribution in [0.15, 0.2) is 0 Å². The third-order valence-electron chi connectivity index (χ3n) is 3.02. The topological polar surface area (TPSA) is 15.3 Å². The van der Waals surface area contributed by atoms with Crippen LogP contribution in [0.4, 0.5) is 0 Å². The molecule has 17 heavy (non-hydrogen) atoms. The maximum absolute atomic E-state index is 3.62. The van der Waals surface area contributed by atoms with Gasteiger partial charge in [-0.3, -0.25) is 0 Å². The lowest BCUT2D eigenvalue weighted by atomic mass is 9.91. The Kier molecular flexibility index (Phi) is 7.34. The second kappa shape index (κ2) is 7.38. The van der Waals surface area contributed by atoms with Crippen molar-refractivity contribution in [1.82, 2.24) is 10.2 Å². The van der Waals surface area contributed by atoms with E-state index in [0.29, 0.717) is 5.41 Å². The fourth-order valence-electron chi connectivity index (χ4n) is 1.90. The molecule has 0 fully saturated rings. The average molecular weight is 242 g/mol. The lowest BCUT2D eigenvalue weighted by molar-refractivity contribution is 0.169. The van der Waals surface area contributed by atoms with Crippen molar-refractivity contribution in [3.8, 4) is 0 Å². The molecule has 0 amide bonds. The van der Waals surface area contributed by atoms with Gasteiger partial charge in [0.15, 0.2) is 0 Å². The monoisotopic (exact) mass is 242 g/mol. The molecule has 0 unspecified atom stereocenters. The first-order valence-electron chi connectivity index (χ1n) is 7.17. The summed E-state index contributed by atoms with van der Waals surface area (Å²) in [6, 6.07) is 0. The van der Waals surface area contributed by atoms with Crippen LogP contribution in [0.2, 0.25) is 0 Å². The molecule has 0 rings (SSSR count). The van der Waals surface area contributed by atoms with Gasteiger partial charge in [-0.1, -0.05) is 34.1 Å². The zero-order valence-corrected chi connectivity index (χ0v) is 13.2. The quantitative estimate of drug-likeness (QED) is 0.700. The molecule has 0 aliphatic carbocycles. The highest BCUT2D eigenvalue weighted by atomic mass is 15.1. The number of rotatable bonds is 8. The Bertz CT molecular complexity index is 192. The van der Waals surface area contributed by atoms with Gasteiger partial charge >= 0.3 is 0 Å². The molecule has 104 valence electrons. The van der Waals surface area contributed by atoms with Crippen LogP contribution in [0.25, 0.3) is 0 Å². The molecule has 0 bridgehead atoms.